The van der Waals surface area contributed by atoms with E-state index in [-0.39, 0.29) is 29.1 Å². The summed E-state index contributed by atoms with van der Waals surface area (Å²) in [5, 5.41) is 11.0. The Morgan fingerprint density at radius 2 is 1.62 bits per heavy atom. The van der Waals surface area contributed by atoms with Crippen molar-refractivity contribution < 1.29 is 22.9 Å². The maximum atomic E-state index is 12.6. The van der Waals surface area contributed by atoms with E-state index in [9.17, 15) is 28.1 Å². The Balaban J connectivity index is 2.17. The zero-order valence-electron chi connectivity index (χ0n) is 15.8. The van der Waals surface area contributed by atoms with Gasteiger partial charge in [0.05, 0.1) is 9.82 Å². The fraction of sp³-hybridized carbons (Fsp3) is 0.222. The number of nitro groups is 1. The van der Waals surface area contributed by atoms with Crippen LogP contribution in [-0.2, 0) is 10.0 Å². The van der Waals surface area contributed by atoms with Gasteiger partial charge in [-0.05, 0) is 24.3 Å². The Bertz CT molecular complexity index is 1030. The Morgan fingerprint density at radius 1 is 1.00 bits per heavy atom. The summed E-state index contributed by atoms with van der Waals surface area (Å²) >= 11 is 0. The van der Waals surface area contributed by atoms with Crippen molar-refractivity contribution in [2.75, 3.05) is 13.1 Å². The van der Waals surface area contributed by atoms with E-state index in [1.54, 1.807) is 13.8 Å². The van der Waals surface area contributed by atoms with Gasteiger partial charge in [-0.3, -0.25) is 30.6 Å². The molecule has 29 heavy (non-hydrogen) atoms. The van der Waals surface area contributed by atoms with Crippen LogP contribution in [0.1, 0.15) is 34.6 Å². The molecule has 154 valence electrons. The summed E-state index contributed by atoms with van der Waals surface area (Å²) in [6, 6.07) is 10.6. The second-order valence-electron chi connectivity index (χ2n) is 5.80. The first kappa shape index (κ1) is 22.0. The van der Waals surface area contributed by atoms with Gasteiger partial charge < -0.3 is 0 Å². The molecular weight excluding hydrogens is 400 g/mol. The van der Waals surface area contributed by atoms with Crippen LogP contribution in [0.5, 0.6) is 0 Å². The van der Waals surface area contributed by atoms with Crippen LogP contribution in [0.25, 0.3) is 0 Å². The fourth-order valence-electron chi connectivity index (χ4n) is 2.59. The number of benzene rings is 2. The van der Waals surface area contributed by atoms with Crippen LogP contribution in [0.2, 0.25) is 0 Å². The van der Waals surface area contributed by atoms with Gasteiger partial charge >= 0.3 is 0 Å². The van der Waals surface area contributed by atoms with Gasteiger partial charge in [-0.25, -0.2) is 8.42 Å². The third kappa shape index (κ3) is 4.95. The number of hydrazine groups is 1. The van der Waals surface area contributed by atoms with Gasteiger partial charge in [-0.2, -0.15) is 4.31 Å². The molecule has 0 saturated carbocycles. The summed E-state index contributed by atoms with van der Waals surface area (Å²) in [5.41, 5.74) is 3.59. The van der Waals surface area contributed by atoms with E-state index in [2.05, 4.69) is 10.9 Å². The Kier molecular flexibility index (Phi) is 7.02. The molecule has 0 aliphatic heterocycles. The minimum Gasteiger partial charge on any atom is -0.267 e. The maximum Gasteiger partial charge on any atom is 0.282 e. The second kappa shape index (κ2) is 9.26. The van der Waals surface area contributed by atoms with E-state index in [1.165, 1.54) is 46.8 Å². The van der Waals surface area contributed by atoms with Gasteiger partial charge in [0.1, 0.15) is 5.56 Å². The predicted molar refractivity (Wildman–Crippen MR) is 105 cm³/mol. The van der Waals surface area contributed by atoms with E-state index >= 15 is 0 Å². The van der Waals surface area contributed by atoms with E-state index in [0.717, 1.165) is 6.07 Å². The number of sulfonamides is 1. The number of carbonyl (C=O) groups is 2. The first-order chi connectivity index (χ1) is 13.7. The number of nitrogens with one attached hydrogen (secondary N) is 2. The van der Waals surface area contributed by atoms with Gasteiger partial charge in [0, 0.05) is 24.7 Å². The van der Waals surface area contributed by atoms with E-state index in [0.29, 0.717) is 0 Å². The minimum absolute atomic E-state index is 0.00101. The van der Waals surface area contributed by atoms with E-state index in [1.807, 2.05) is 0 Å². The molecule has 0 aliphatic carbocycles. The summed E-state index contributed by atoms with van der Waals surface area (Å²) in [4.78, 5) is 34.7. The molecule has 0 fully saturated rings. The lowest BCUT2D eigenvalue weighted by atomic mass is 10.2. The molecule has 0 aromatic heterocycles. The molecule has 2 N–H and O–H groups in total. The zero-order chi connectivity index (χ0) is 21.6. The average Bonchev–Trinajstić information content (AvgIpc) is 2.72. The lowest BCUT2D eigenvalue weighted by Crippen LogP contribution is -2.41. The van der Waals surface area contributed by atoms with Gasteiger partial charge in [-0.1, -0.05) is 32.0 Å². The van der Waals surface area contributed by atoms with Crippen molar-refractivity contribution in [1.29, 1.82) is 0 Å². The van der Waals surface area contributed by atoms with Crippen LogP contribution >= 0.6 is 0 Å². The number of amides is 2. The highest BCUT2D eigenvalue weighted by atomic mass is 32.2. The van der Waals surface area contributed by atoms with Gasteiger partial charge in [-0.15, -0.1) is 0 Å². The lowest BCUT2D eigenvalue weighted by Gasteiger charge is -2.18. The quantitative estimate of drug-likeness (QED) is 0.516. The summed E-state index contributed by atoms with van der Waals surface area (Å²) in [6.07, 6.45) is 0. The summed E-state index contributed by atoms with van der Waals surface area (Å²) in [7, 11) is -3.76. The van der Waals surface area contributed by atoms with Crippen molar-refractivity contribution in [3.8, 4) is 0 Å². The molecule has 2 aromatic carbocycles. The lowest BCUT2D eigenvalue weighted by molar-refractivity contribution is -0.385. The number of rotatable bonds is 7. The zero-order valence-corrected chi connectivity index (χ0v) is 16.6. The molecule has 0 radical (unpaired) electrons. The summed E-state index contributed by atoms with van der Waals surface area (Å²) in [5.74, 6) is -1.65. The fourth-order valence-corrected chi connectivity index (χ4v) is 4.09. The molecule has 0 atom stereocenters. The smallest absolute Gasteiger partial charge is 0.267 e. The van der Waals surface area contributed by atoms with Crippen molar-refractivity contribution in [3.63, 3.8) is 0 Å². The summed E-state index contributed by atoms with van der Waals surface area (Å²) in [6.45, 7) is 3.97. The maximum absolute atomic E-state index is 12.6. The highest BCUT2D eigenvalue weighted by Gasteiger charge is 2.23. The van der Waals surface area contributed by atoms with E-state index in [4.69, 9.17) is 0 Å². The molecule has 0 aliphatic rings. The highest BCUT2D eigenvalue weighted by Crippen LogP contribution is 2.18. The molecule has 10 nitrogen and oxygen atoms in total. The molecule has 0 bridgehead atoms. The van der Waals surface area contributed by atoms with Crippen LogP contribution in [-0.4, -0.2) is 42.6 Å². The number of para-hydroxylation sites is 1. The van der Waals surface area contributed by atoms with Gasteiger partial charge in [0.2, 0.25) is 10.0 Å². The number of nitro benzene ring substituents is 1. The molecule has 0 saturated heterocycles. The average molecular weight is 420 g/mol. The third-order valence-corrected chi connectivity index (χ3v) is 6.12. The van der Waals surface area contributed by atoms with Crippen LogP contribution in [0.3, 0.4) is 0 Å². The third-order valence-electron chi connectivity index (χ3n) is 4.07. The molecular formula is C18H20N4O6S. The van der Waals surface area contributed by atoms with Gasteiger partial charge in [0.15, 0.2) is 0 Å². The van der Waals surface area contributed by atoms with Crippen molar-refractivity contribution in [3.05, 3.63) is 69.8 Å². The minimum atomic E-state index is -3.76. The van der Waals surface area contributed by atoms with Crippen LogP contribution in [0.15, 0.2) is 53.4 Å². The Morgan fingerprint density at radius 3 is 2.24 bits per heavy atom. The SMILES string of the molecule is CCN(CC)S(=O)(=O)c1cccc(C(=O)NNC(=O)c2ccccc2[N+](=O)[O-])c1. The molecule has 0 spiro atoms. The van der Waals surface area contributed by atoms with Crippen molar-refractivity contribution in [2.45, 2.75) is 18.7 Å². The number of hydrogen-bond donors (Lipinski definition) is 2. The molecule has 2 aromatic rings. The second-order valence-corrected chi connectivity index (χ2v) is 7.74. The predicted octanol–water partition coefficient (Wildman–Crippen LogP) is 1.70. The van der Waals surface area contributed by atoms with Crippen LogP contribution in [0.4, 0.5) is 5.69 Å². The first-order valence-electron chi connectivity index (χ1n) is 8.66. The largest absolute Gasteiger partial charge is 0.282 e. The number of hydrogen-bond acceptors (Lipinski definition) is 6. The molecule has 2 rings (SSSR count). The highest BCUT2D eigenvalue weighted by molar-refractivity contribution is 7.89. The van der Waals surface area contributed by atoms with Crippen molar-refractivity contribution >= 4 is 27.5 Å². The Hall–Kier alpha value is -3.31. The van der Waals surface area contributed by atoms with Crippen LogP contribution < -0.4 is 10.9 Å². The van der Waals surface area contributed by atoms with Crippen molar-refractivity contribution in [1.82, 2.24) is 15.2 Å². The Labute approximate surface area is 167 Å². The molecule has 2 amide bonds. The topological polar surface area (TPSA) is 139 Å². The molecule has 11 heteroatoms. The van der Waals surface area contributed by atoms with Crippen molar-refractivity contribution in [2.24, 2.45) is 0 Å². The normalized spacial score (nSPS) is 11.1. The molecule has 0 heterocycles. The number of carbonyl (C=O) groups excluding carboxylic acids is 2. The first-order valence-corrected chi connectivity index (χ1v) is 10.1. The van der Waals surface area contributed by atoms with Crippen LogP contribution in [0, 0.1) is 10.1 Å². The van der Waals surface area contributed by atoms with E-state index < -0.39 is 32.4 Å². The monoisotopic (exact) mass is 420 g/mol. The standard InChI is InChI=1S/C18H20N4O6S/c1-3-21(4-2)29(27,28)14-9-7-8-13(12-14)17(23)19-20-18(24)15-10-5-6-11-16(15)22(25)26/h5-12H,3-4H2,1-2H3,(H,19,23)(H,20,24). The summed E-state index contributed by atoms with van der Waals surface area (Å²) < 4.78 is 26.4. The number of nitrogens with zero attached hydrogens (tertiary/aromatic N) is 2. The molecule has 0 unspecified atom stereocenters. The van der Waals surface area contributed by atoms with Gasteiger partial charge in [0.25, 0.3) is 17.5 Å².